The molecule has 4 aromatic rings. The Morgan fingerprint density at radius 3 is 2.79 bits per heavy atom. The van der Waals surface area contributed by atoms with E-state index in [2.05, 4.69) is 10.1 Å². The molecule has 1 atom stereocenters. The molecule has 0 spiro atoms. The summed E-state index contributed by atoms with van der Waals surface area (Å²) >= 11 is 0. The van der Waals surface area contributed by atoms with E-state index in [1.54, 1.807) is 17.1 Å². The summed E-state index contributed by atoms with van der Waals surface area (Å²) in [6.07, 6.45) is 5.15. The number of ether oxygens (including phenoxy) is 2. The van der Waals surface area contributed by atoms with Gasteiger partial charge in [0.1, 0.15) is 30.2 Å². The van der Waals surface area contributed by atoms with Crippen LogP contribution in [0.4, 0.5) is 0 Å². The lowest BCUT2D eigenvalue weighted by Crippen LogP contribution is -2.26. The molecule has 0 saturated carbocycles. The molecule has 4 heterocycles. The number of aryl methyl sites for hydroxylation is 2. The molecule has 166 valence electrons. The van der Waals surface area contributed by atoms with Crippen LogP contribution in [0.1, 0.15) is 53.5 Å². The third-order valence-corrected chi connectivity index (χ3v) is 6.22. The van der Waals surface area contributed by atoms with Gasteiger partial charge in [-0.1, -0.05) is 18.2 Å². The number of furan rings is 1. The van der Waals surface area contributed by atoms with E-state index in [1.165, 1.54) is 0 Å². The van der Waals surface area contributed by atoms with Crippen molar-refractivity contribution in [3.8, 4) is 11.6 Å². The number of aromatic nitrogens is 4. The van der Waals surface area contributed by atoms with Gasteiger partial charge in [0.2, 0.25) is 5.88 Å². The predicted octanol–water partition coefficient (Wildman–Crippen LogP) is 4.44. The van der Waals surface area contributed by atoms with Gasteiger partial charge in [-0.3, -0.25) is 4.79 Å². The van der Waals surface area contributed by atoms with Gasteiger partial charge in [0.05, 0.1) is 17.7 Å². The minimum Gasteiger partial charge on any atom is -0.485 e. The number of carbonyl (C=O) groups excluding carboxylic acids is 1. The molecule has 0 unspecified atom stereocenters. The summed E-state index contributed by atoms with van der Waals surface area (Å²) in [6.45, 7) is 4.23. The summed E-state index contributed by atoms with van der Waals surface area (Å²) < 4.78 is 19.5. The fourth-order valence-electron chi connectivity index (χ4n) is 4.73. The van der Waals surface area contributed by atoms with E-state index in [4.69, 9.17) is 18.9 Å². The van der Waals surface area contributed by atoms with Crippen LogP contribution in [0.25, 0.3) is 5.65 Å². The zero-order chi connectivity index (χ0) is 22.5. The average Bonchev–Trinajstić information content (AvgIpc) is 3.47. The second-order valence-electron chi connectivity index (χ2n) is 8.43. The Balaban J connectivity index is 1.44. The number of allylic oxidation sites excluding steroid dienone is 2. The molecule has 33 heavy (non-hydrogen) atoms. The molecule has 0 bridgehead atoms. The van der Waals surface area contributed by atoms with Crippen LogP contribution in [-0.2, 0) is 11.4 Å². The van der Waals surface area contributed by atoms with Crippen molar-refractivity contribution in [3.63, 3.8) is 0 Å². The standard InChI is InChI=1S/C25H22N4O4/c1-14-6-3-7-15(2)23(14)32-12-19-27-24-22-21(17-10-5-11-31-17)20-16(30)8-4-9-18(20)33-25(22)26-13-29(24)28-19/h3,5-7,10-11,13,21H,4,8-9,12H2,1-2H3/t21-/m0/s1. The highest BCUT2D eigenvalue weighted by Gasteiger charge is 2.40. The van der Waals surface area contributed by atoms with E-state index in [0.29, 0.717) is 52.8 Å². The maximum atomic E-state index is 12.9. The molecule has 2 aliphatic rings. The average molecular weight is 442 g/mol. The highest BCUT2D eigenvalue weighted by Crippen LogP contribution is 2.47. The monoisotopic (exact) mass is 442 g/mol. The van der Waals surface area contributed by atoms with Crippen LogP contribution in [0, 0.1) is 13.8 Å². The number of Topliss-reactive ketones (excluding diaryl/α,β-unsaturated/α-hetero) is 1. The van der Waals surface area contributed by atoms with Crippen LogP contribution in [0.3, 0.4) is 0 Å². The molecule has 0 amide bonds. The van der Waals surface area contributed by atoms with E-state index in [-0.39, 0.29) is 12.4 Å². The first-order valence-electron chi connectivity index (χ1n) is 11.0. The highest BCUT2D eigenvalue weighted by molar-refractivity contribution is 5.99. The Morgan fingerprint density at radius 2 is 2.00 bits per heavy atom. The normalized spacial score (nSPS) is 17.6. The molecule has 0 radical (unpaired) electrons. The van der Waals surface area contributed by atoms with Gasteiger partial charge < -0.3 is 13.9 Å². The molecular formula is C25H22N4O4. The van der Waals surface area contributed by atoms with E-state index < -0.39 is 5.92 Å². The summed E-state index contributed by atoms with van der Waals surface area (Å²) in [5.74, 6) is 2.76. The third kappa shape index (κ3) is 3.21. The molecule has 6 rings (SSSR count). The van der Waals surface area contributed by atoms with Crippen molar-refractivity contribution in [2.75, 3.05) is 0 Å². The van der Waals surface area contributed by atoms with Gasteiger partial charge in [-0.05, 0) is 43.5 Å². The maximum absolute atomic E-state index is 12.9. The van der Waals surface area contributed by atoms with Gasteiger partial charge in [-0.25, -0.2) is 14.5 Å². The number of hydrogen-bond donors (Lipinski definition) is 0. The maximum Gasteiger partial charge on any atom is 0.228 e. The van der Waals surface area contributed by atoms with E-state index >= 15 is 0 Å². The number of para-hydroxylation sites is 1. The lowest BCUT2D eigenvalue weighted by atomic mass is 9.80. The largest absolute Gasteiger partial charge is 0.485 e. The van der Waals surface area contributed by atoms with Crippen molar-refractivity contribution < 1.29 is 18.7 Å². The minimum absolute atomic E-state index is 0.0726. The fourth-order valence-corrected chi connectivity index (χ4v) is 4.73. The number of nitrogens with zero attached hydrogens (tertiary/aromatic N) is 4. The number of fused-ring (bicyclic) bond motifs is 3. The summed E-state index contributed by atoms with van der Waals surface area (Å²) in [4.78, 5) is 22.2. The molecule has 1 aliphatic heterocycles. The van der Waals surface area contributed by atoms with Gasteiger partial charge in [-0.2, -0.15) is 0 Å². The SMILES string of the molecule is Cc1cccc(C)c1OCc1nc2c3c(ncn2n1)OC1=C(C(=O)CCC1)[C@@H]3c1ccco1. The summed E-state index contributed by atoms with van der Waals surface area (Å²) in [5, 5.41) is 4.56. The molecule has 3 aromatic heterocycles. The van der Waals surface area contributed by atoms with Crippen molar-refractivity contribution >= 4 is 11.4 Å². The lowest BCUT2D eigenvalue weighted by molar-refractivity contribution is -0.116. The van der Waals surface area contributed by atoms with Crippen LogP contribution >= 0.6 is 0 Å². The Hall–Kier alpha value is -3.94. The summed E-state index contributed by atoms with van der Waals surface area (Å²) in [7, 11) is 0. The smallest absolute Gasteiger partial charge is 0.228 e. The molecular weight excluding hydrogens is 420 g/mol. The zero-order valence-corrected chi connectivity index (χ0v) is 18.4. The number of carbonyl (C=O) groups is 1. The first-order chi connectivity index (χ1) is 16.1. The van der Waals surface area contributed by atoms with Gasteiger partial charge in [-0.15, -0.1) is 5.10 Å². The van der Waals surface area contributed by atoms with Crippen molar-refractivity contribution in [1.29, 1.82) is 0 Å². The molecule has 1 aliphatic carbocycles. The van der Waals surface area contributed by atoms with E-state index in [1.807, 2.05) is 44.2 Å². The third-order valence-electron chi connectivity index (χ3n) is 6.22. The van der Waals surface area contributed by atoms with Gasteiger partial charge in [0, 0.05) is 18.4 Å². The van der Waals surface area contributed by atoms with E-state index in [9.17, 15) is 4.79 Å². The number of ketones is 1. The number of rotatable bonds is 4. The van der Waals surface area contributed by atoms with Crippen molar-refractivity contribution in [3.05, 3.63) is 82.5 Å². The van der Waals surface area contributed by atoms with Crippen LogP contribution in [0.5, 0.6) is 11.6 Å². The molecule has 0 saturated heterocycles. The number of hydrogen-bond acceptors (Lipinski definition) is 7. The van der Waals surface area contributed by atoms with Gasteiger partial charge in [0.25, 0.3) is 0 Å². The summed E-state index contributed by atoms with van der Waals surface area (Å²) in [6, 6.07) is 9.72. The number of benzene rings is 1. The van der Waals surface area contributed by atoms with Crippen molar-refractivity contribution in [1.82, 2.24) is 19.6 Å². The van der Waals surface area contributed by atoms with Gasteiger partial charge >= 0.3 is 0 Å². The highest BCUT2D eigenvalue weighted by atomic mass is 16.5. The quantitative estimate of drug-likeness (QED) is 0.461. The minimum atomic E-state index is -0.431. The molecule has 1 aromatic carbocycles. The topological polar surface area (TPSA) is 91.8 Å². The Morgan fingerprint density at radius 1 is 1.15 bits per heavy atom. The van der Waals surface area contributed by atoms with Gasteiger partial charge in [0.15, 0.2) is 17.3 Å². The van der Waals surface area contributed by atoms with Crippen LogP contribution < -0.4 is 9.47 Å². The predicted molar refractivity (Wildman–Crippen MR) is 118 cm³/mol. The molecule has 0 fully saturated rings. The Labute approximate surface area is 189 Å². The van der Waals surface area contributed by atoms with E-state index in [0.717, 1.165) is 23.3 Å². The summed E-state index contributed by atoms with van der Waals surface area (Å²) in [5.41, 5.74) is 4.01. The first kappa shape index (κ1) is 19.7. The lowest BCUT2D eigenvalue weighted by Gasteiger charge is -2.30. The van der Waals surface area contributed by atoms with Crippen LogP contribution in [0.2, 0.25) is 0 Å². The van der Waals surface area contributed by atoms with Crippen LogP contribution in [0.15, 0.2) is 58.7 Å². The Bertz CT molecular complexity index is 1400. The fraction of sp³-hybridized carbons (Fsp3) is 0.280. The molecule has 8 nitrogen and oxygen atoms in total. The molecule has 0 N–H and O–H groups in total. The van der Waals surface area contributed by atoms with Crippen molar-refractivity contribution in [2.45, 2.75) is 45.6 Å². The first-order valence-corrected chi connectivity index (χ1v) is 11.0. The second kappa shape index (κ2) is 7.58. The van der Waals surface area contributed by atoms with Crippen LogP contribution in [-0.4, -0.2) is 25.4 Å². The molecule has 8 heteroatoms. The second-order valence-corrected chi connectivity index (χ2v) is 8.43. The Kier molecular flexibility index (Phi) is 4.53. The van der Waals surface area contributed by atoms with Crippen molar-refractivity contribution in [2.24, 2.45) is 0 Å². The zero-order valence-electron chi connectivity index (χ0n) is 18.4.